The van der Waals surface area contributed by atoms with Crippen molar-refractivity contribution in [2.24, 2.45) is 0 Å². The third-order valence-corrected chi connectivity index (χ3v) is 4.41. The third kappa shape index (κ3) is 8.06. The first-order chi connectivity index (χ1) is 15.1. The highest BCUT2D eigenvalue weighted by Crippen LogP contribution is 2.28. The van der Waals surface area contributed by atoms with Crippen LogP contribution in [0.4, 0.5) is 0 Å². The van der Waals surface area contributed by atoms with Crippen molar-refractivity contribution in [3.8, 4) is 11.5 Å². The molecule has 0 atom stereocenters. The zero-order valence-corrected chi connectivity index (χ0v) is 18.5. The molecule has 0 aromatic heterocycles. The van der Waals surface area contributed by atoms with E-state index in [4.69, 9.17) is 9.47 Å². The molecule has 8 heteroatoms. The Labute approximate surface area is 186 Å². The summed E-state index contributed by atoms with van der Waals surface area (Å²) < 4.78 is 10.1. The fraction of sp³-hybridized carbons (Fsp3) is 0.250. The van der Waals surface area contributed by atoms with Gasteiger partial charge in [0.25, 0.3) is 0 Å². The normalized spacial score (nSPS) is 10.5. The maximum atomic E-state index is 12.0. The molecule has 2 N–H and O–H groups in total. The van der Waals surface area contributed by atoms with E-state index < -0.39 is 17.8 Å². The Kier molecular flexibility index (Phi) is 8.71. The van der Waals surface area contributed by atoms with Gasteiger partial charge >= 0.3 is 11.9 Å². The van der Waals surface area contributed by atoms with Gasteiger partial charge < -0.3 is 20.1 Å². The van der Waals surface area contributed by atoms with E-state index in [2.05, 4.69) is 10.6 Å². The van der Waals surface area contributed by atoms with Crippen LogP contribution in [0.5, 0.6) is 11.5 Å². The Bertz CT molecular complexity index is 1060. The highest BCUT2D eigenvalue weighted by Gasteiger charge is 2.11. The molecule has 0 unspecified atom stereocenters. The summed E-state index contributed by atoms with van der Waals surface area (Å²) in [5.74, 6) is -1.82. The number of rotatable bonds is 8. The van der Waals surface area contributed by atoms with Gasteiger partial charge in [0.05, 0.1) is 0 Å². The summed E-state index contributed by atoms with van der Waals surface area (Å²) in [6.45, 7) is 6.95. The molecule has 0 aliphatic heterocycles. The second kappa shape index (κ2) is 11.5. The first-order valence-electron chi connectivity index (χ1n) is 9.93. The van der Waals surface area contributed by atoms with Crippen LogP contribution >= 0.6 is 0 Å². The summed E-state index contributed by atoms with van der Waals surface area (Å²) in [5.41, 5.74) is 3.90. The predicted molar refractivity (Wildman–Crippen MR) is 118 cm³/mol. The van der Waals surface area contributed by atoms with Crippen molar-refractivity contribution in [3.05, 3.63) is 70.8 Å². The van der Waals surface area contributed by atoms with E-state index in [-0.39, 0.29) is 24.0 Å². The maximum Gasteiger partial charge on any atom is 0.308 e. The summed E-state index contributed by atoms with van der Waals surface area (Å²) in [7, 11) is 0. The van der Waals surface area contributed by atoms with Crippen LogP contribution in [-0.4, -0.2) is 23.8 Å². The lowest BCUT2D eigenvalue weighted by molar-refractivity contribution is -0.134. The molecule has 0 heterocycles. The van der Waals surface area contributed by atoms with E-state index in [1.807, 2.05) is 32.0 Å². The number of esters is 2. The highest BCUT2D eigenvalue weighted by molar-refractivity contribution is 5.96. The number of amides is 2. The first kappa shape index (κ1) is 24.3. The standard InChI is InChI=1S/C24H26N2O6/c1-15-5-6-19(11-16(15)2)13-25-23(29)9-10-24(30)26-14-20-7-8-21(31-17(3)27)22(12-20)32-18(4)28/h5-12H,13-14H2,1-4H3,(H,25,29)(H,26,30)/b10-9+. The molecule has 2 rings (SSSR count). The Balaban J connectivity index is 1.88. The summed E-state index contributed by atoms with van der Waals surface area (Å²) in [4.78, 5) is 46.4. The molecule has 0 saturated carbocycles. The molecule has 0 bridgehead atoms. The number of benzene rings is 2. The average molecular weight is 438 g/mol. The number of hydrogen-bond acceptors (Lipinski definition) is 6. The smallest absolute Gasteiger partial charge is 0.308 e. The molecule has 8 nitrogen and oxygen atoms in total. The van der Waals surface area contributed by atoms with E-state index in [0.29, 0.717) is 12.1 Å². The van der Waals surface area contributed by atoms with E-state index >= 15 is 0 Å². The third-order valence-electron chi connectivity index (χ3n) is 4.41. The zero-order valence-electron chi connectivity index (χ0n) is 18.5. The minimum absolute atomic E-state index is 0.0701. The van der Waals surface area contributed by atoms with Crippen molar-refractivity contribution in [1.82, 2.24) is 10.6 Å². The van der Waals surface area contributed by atoms with E-state index in [1.54, 1.807) is 6.07 Å². The second-order valence-corrected chi connectivity index (χ2v) is 7.16. The Hall–Kier alpha value is -3.94. The molecule has 0 aliphatic rings. The fourth-order valence-electron chi connectivity index (χ4n) is 2.70. The Morgan fingerprint density at radius 2 is 1.22 bits per heavy atom. The van der Waals surface area contributed by atoms with Gasteiger partial charge in [-0.25, -0.2) is 0 Å². The van der Waals surface area contributed by atoms with Gasteiger partial charge in [-0.15, -0.1) is 0 Å². The van der Waals surface area contributed by atoms with Crippen molar-refractivity contribution in [3.63, 3.8) is 0 Å². The molecular weight excluding hydrogens is 412 g/mol. The van der Waals surface area contributed by atoms with Crippen LogP contribution in [0.2, 0.25) is 0 Å². The predicted octanol–water partition coefficient (Wildman–Crippen LogP) is 2.64. The molecule has 0 radical (unpaired) electrons. The Morgan fingerprint density at radius 1 is 0.719 bits per heavy atom. The fourth-order valence-corrected chi connectivity index (χ4v) is 2.70. The molecular formula is C24H26N2O6. The molecule has 0 spiro atoms. The second-order valence-electron chi connectivity index (χ2n) is 7.16. The van der Waals surface area contributed by atoms with Crippen molar-refractivity contribution >= 4 is 23.8 Å². The van der Waals surface area contributed by atoms with Crippen LogP contribution in [0, 0.1) is 13.8 Å². The number of aryl methyl sites for hydroxylation is 2. The molecule has 0 aliphatic carbocycles. The highest BCUT2D eigenvalue weighted by atomic mass is 16.6. The molecule has 2 aromatic carbocycles. The maximum absolute atomic E-state index is 12.0. The van der Waals surface area contributed by atoms with E-state index in [1.165, 1.54) is 31.5 Å². The van der Waals surface area contributed by atoms with Crippen LogP contribution in [-0.2, 0) is 32.3 Å². The largest absolute Gasteiger partial charge is 0.423 e. The molecule has 0 fully saturated rings. The SMILES string of the molecule is CC(=O)Oc1ccc(CNC(=O)/C=C/C(=O)NCc2ccc(C)c(C)c2)cc1OC(C)=O. The van der Waals surface area contributed by atoms with Crippen LogP contribution in [0.3, 0.4) is 0 Å². The van der Waals surface area contributed by atoms with Crippen LogP contribution in [0.25, 0.3) is 0 Å². The number of carbonyl (C=O) groups excluding carboxylic acids is 4. The number of nitrogens with one attached hydrogen (secondary N) is 2. The number of ether oxygens (including phenoxy) is 2. The number of hydrogen-bond donors (Lipinski definition) is 2. The van der Waals surface area contributed by atoms with Crippen LogP contribution in [0.1, 0.15) is 36.1 Å². The van der Waals surface area contributed by atoms with Gasteiger partial charge in [-0.3, -0.25) is 19.2 Å². The number of carbonyl (C=O) groups is 4. The quantitative estimate of drug-likeness (QED) is 0.372. The topological polar surface area (TPSA) is 111 Å². The molecule has 0 saturated heterocycles. The van der Waals surface area contributed by atoms with Gasteiger partial charge in [0.15, 0.2) is 11.5 Å². The minimum atomic E-state index is -0.575. The van der Waals surface area contributed by atoms with Crippen molar-refractivity contribution < 1.29 is 28.7 Å². The van der Waals surface area contributed by atoms with E-state index in [0.717, 1.165) is 23.3 Å². The lowest BCUT2D eigenvalue weighted by Crippen LogP contribution is -2.23. The first-order valence-corrected chi connectivity index (χ1v) is 9.93. The van der Waals surface area contributed by atoms with Crippen LogP contribution in [0.15, 0.2) is 48.6 Å². The average Bonchev–Trinajstić information content (AvgIpc) is 2.72. The monoisotopic (exact) mass is 438 g/mol. The summed E-state index contributed by atoms with van der Waals surface area (Å²) >= 11 is 0. The van der Waals surface area contributed by atoms with Gasteiger partial charge in [-0.2, -0.15) is 0 Å². The molecule has 168 valence electrons. The van der Waals surface area contributed by atoms with Crippen molar-refractivity contribution in [2.75, 3.05) is 0 Å². The lowest BCUT2D eigenvalue weighted by atomic mass is 10.1. The van der Waals surface area contributed by atoms with Crippen LogP contribution < -0.4 is 20.1 Å². The minimum Gasteiger partial charge on any atom is -0.423 e. The van der Waals surface area contributed by atoms with Gasteiger partial charge in [0.2, 0.25) is 11.8 Å². The van der Waals surface area contributed by atoms with Gasteiger partial charge in [0.1, 0.15) is 0 Å². The summed E-state index contributed by atoms with van der Waals surface area (Å²) in [6, 6.07) is 10.5. The zero-order chi connectivity index (χ0) is 23.7. The molecule has 2 amide bonds. The summed E-state index contributed by atoms with van der Waals surface area (Å²) in [5, 5.41) is 5.36. The van der Waals surface area contributed by atoms with Gasteiger partial charge in [-0.1, -0.05) is 24.3 Å². The van der Waals surface area contributed by atoms with Crippen molar-refractivity contribution in [2.45, 2.75) is 40.8 Å². The lowest BCUT2D eigenvalue weighted by Gasteiger charge is -2.11. The summed E-state index contributed by atoms with van der Waals surface area (Å²) in [6.07, 6.45) is 2.29. The van der Waals surface area contributed by atoms with Crippen molar-refractivity contribution in [1.29, 1.82) is 0 Å². The molecule has 32 heavy (non-hydrogen) atoms. The molecule has 2 aromatic rings. The Morgan fingerprint density at radius 3 is 1.75 bits per heavy atom. The van der Waals surface area contributed by atoms with Gasteiger partial charge in [0, 0.05) is 39.1 Å². The van der Waals surface area contributed by atoms with E-state index in [9.17, 15) is 19.2 Å². The van der Waals surface area contributed by atoms with Gasteiger partial charge in [-0.05, 0) is 48.2 Å².